The van der Waals surface area contributed by atoms with Gasteiger partial charge in [0.2, 0.25) is 11.8 Å². The zero-order valence-corrected chi connectivity index (χ0v) is 17.6. The summed E-state index contributed by atoms with van der Waals surface area (Å²) in [7, 11) is 0. The second-order valence-electron chi connectivity index (χ2n) is 8.16. The topological polar surface area (TPSA) is 74.0 Å². The van der Waals surface area contributed by atoms with Crippen molar-refractivity contribution in [2.24, 2.45) is 0 Å². The summed E-state index contributed by atoms with van der Waals surface area (Å²) < 4.78 is 0. The summed E-state index contributed by atoms with van der Waals surface area (Å²) in [6.45, 7) is 5.93. The van der Waals surface area contributed by atoms with Crippen LogP contribution in [0.2, 0.25) is 0 Å². The van der Waals surface area contributed by atoms with E-state index in [-0.39, 0.29) is 18.4 Å². The Morgan fingerprint density at radius 1 is 1.10 bits per heavy atom. The summed E-state index contributed by atoms with van der Waals surface area (Å²) in [5, 5.41) is 6.76. The van der Waals surface area contributed by atoms with Gasteiger partial charge in [-0.3, -0.25) is 9.59 Å². The average molecular weight is 402 g/mol. The molecule has 0 bridgehead atoms. The molecule has 0 radical (unpaired) electrons. The molecule has 1 aromatic heterocycles. The van der Waals surface area contributed by atoms with Crippen LogP contribution in [0.3, 0.4) is 0 Å². The third-order valence-corrected chi connectivity index (χ3v) is 5.56. The molecule has 2 amide bonds. The van der Waals surface area contributed by atoms with E-state index in [1.54, 1.807) is 6.92 Å². The van der Waals surface area contributed by atoms with Crippen molar-refractivity contribution in [2.75, 3.05) is 6.54 Å². The predicted molar refractivity (Wildman–Crippen MR) is 121 cm³/mol. The van der Waals surface area contributed by atoms with Gasteiger partial charge in [-0.15, -0.1) is 0 Å². The third kappa shape index (κ3) is 4.46. The van der Waals surface area contributed by atoms with E-state index in [2.05, 4.69) is 65.9 Å². The molecule has 0 saturated heterocycles. The van der Waals surface area contributed by atoms with E-state index in [0.717, 1.165) is 35.0 Å². The zero-order chi connectivity index (χ0) is 21.3. The molecular weight excluding hydrogens is 374 g/mol. The number of carbonyl (C=O) groups is 2. The van der Waals surface area contributed by atoms with E-state index in [1.165, 1.54) is 16.5 Å². The number of aryl methyl sites for hydroxylation is 2. The molecule has 0 spiro atoms. The van der Waals surface area contributed by atoms with Gasteiger partial charge in [-0.2, -0.15) is 0 Å². The van der Waals surface area contributed by atoms with Crippen molar-refractivity contribution in [3.63, 3.8) is 0 Å². The maximum Gasteiger partial charge on any atom is 0.247 e. The predicted octanol–water partition coefficient (Wildman–Crippen LogP) is 4.25. The van der Waals surface area contributed by atoms with Crippen LogP contribution in [0.5, 0.6) is 0 Å². The highest BCUT2D eigenvalue weighted by molar-refractivity contribution is 5.99. The molecule has 4 rings (SSSR count). The van der Waals surface area contributed by atoms with Crippen LogP contribution < -0.4 is 10.6 Å². The number of aromatic amines is 1. The maximum atomic E-state index is 12.4. The number of amides is 2. The summed E-state index contributed by atoms with van der Waals surface area (Å²) in [6.07, 6.45) is 5.90. The Bertz CT molecular complexity index is 1150. The number of hydrogen-bond acceptors (Lipinski definition) is 2. The summed E-state index contributed by atoms with van der Waals surface area (Å²) in [6, 6.07) is 13.1. The number of benzene rings is 2. The van der Waals surface area contributed by atoms with Crippen LogP contribution in [-0.4, -0.2) is 29.4 Å². The number of carbonyl (C=O) groups excluding carboxylic acids is 2. The minimum absolute atomic E-state index is 0.0130. The summed E-state index contributed by atoms with van der Waals surface area (Å²) in [4.78, 5) is 27.4. The van der Waals surface area contributed by atoms with Gasteiger partial charge in [-0.25, -0.2) is 0 Å². The first-order chi connectivity index (χ1) is 14.4. The molecule has 2 aromatic carbocycles. The van der Waals surface area contributed by atoms with Gasteiger partial charge in [-0.1, -0.05) is 18.2 Å². The van der Waals surface area contributed by atoms with Crippen LogP contribution in [0.1, 0.15) is 36.5 Å². The number of fused-ring (bicyclic) bond motifs is 1. The standard InChI is InChI=1S/C25H27N3O2/c1-15-12-22(18-4-7-23-19(13-18)8-9-26-23)16(2)10-20(15)11-17(3)25(30)27-14-24(29)28-21-5-6-21/h4,7-13,21,26H,5-6,14H2,1-3H3,(H,27,30)(H,28,29)/b17-11+. The largest absolute Gasteiger partial charge is 0.361 e. The van der Waals surface area contributed by atoms with Gasteiger partial charge >= 0.3 is 0 Å². The van der Waals surface area contributed by atoms with E-state index in [0.29, 0.717) is 11.6 Å². The lowest BCUT2D eigenvalue weighted by Crippen LogP contribution is -2.38. The molecule has 1 aliphatic rings. The highest BCUT2D eigenvalue weighted by Crippen LogP contribution is 2.30. The molecular formula is C25H27N3O2. The Balaban J connectivity index is 1.50. The lowest BCUT2D eigenvalue weighted by molar-refractivity contribution is -0.124. The zero-order valence-electron chi connectivity index (χ0n) is 17.6. The molecule has 30 heavy (non-hydrogen) atoms. The number of hydrogen-bond donors (Lipinski definition) is 3. The smallest absolute Gasteiger partial charge is 0.247 e. The fourth-order valence-corrected chi connectivity index (χ4v) is 3.63. The van der Waals surface area contributed by atoms with Gasteiger partial charge in [0, 0.05) is 23.3 Å². The van der Waals surface area contributed by atoms with Gasteiger partial charge in [-0.05, 0) is 91.1 Å². The average Bonchev–Trinajstić information content (AvgIpc) is 3.40. The van der Waals surface area contributed by atoms with E-state index >= 15 is 0 Å². The lowest BCUT2D eigenvalue weighted by atomic mass is 9.93. The van der Waals surface area contributed by atoms with Crippen LogP contribution >= 0.6 is 0 Å². The van der Waals surface area contributed by atoms with Crippen LogP contribution in [0, 0.1) is 13.8 Å². The summed E-state index contributed by atoms with van der Waals surface area (Å²) >= 11 is 0. The Labute approximate surface area is 176 Å². The molecule has 0 aliphatic heterocycles. The monoisotopic (exact) mass is 401 g/mol. The van der Waals surface area contributed by atoms with Crippen LogP contribution in [0.15, 0.2) is 48.2 Å². The van der Waals surface area contributed by atoms with Gasteiger partial charge < -0.3 is 15.6 Å². The molecule has 3 aromatic rings. The van der Waals surface area contributed by atoms with E-state index in [1.807, 2.05) is 12.3 Å². The van der Waals surface area contributed by atoms with Crippen LogP contribution in [0.4, 0.5) is 0 Å². The number of H-pyrrole nitrogens is 1. The Kier molecular flexibility index (Phi) is 5.44. The number of rotatable bonds is 6. The molecule has 1 aliphatic carbocycles. The van der Waals surface area contributed by atoms with E-state index < -0.39 is 0 Å². The van der Waals surface area contributed by atoms with Gasteiger partial charge in [0.15, 0.2) is 0 Å². The lowest BCUT2D eigenvalue weighted by Gasteiger charge is -2.12. The quantitative estimate of drug-likeness (QED) is 0.540. The van der Waals surface area contributed by atoms with Gasteiger partial charge in [0.25, 0.3) is 0 Å². The van der Waals surface area contributed by atoms with Gasteiger partial charge in [0.1, 0.15) is 0 Å². The number of aromatic nitrogens is 1. The molecule has 5 heteroatoms. The van der Waals surface area contributed by atoms with Crippen molar-refractivity contribution in [1.29, 1.82) is 0 Å². The first kappa shape index (κ1) is 20.0. The van der Waals surface area contributed by atoms with Crippen molar-refractivity contribution in [1.82, 2.24) is 15.6 Å². The van der Waals surface area contributed by atoms with E-state index in [9.17, 15) is 9.59 Å². The molecule has 3 N–H and O–H groups in total. The molecule has 1 saturated carbocycles. The van der Waals surface area contributed by atoms with Gasteiger partial charge in [0.05, 0.1) is 6.54 Å². The van der Waals surface area contributed by atoms with Crippen LogP contribution in [0.25, 0.3) is 28.1 Å². The molecule has 0 atom stereocenters. The number of nitrogens with one attached hydrogen (secondary N) is 3. The molecule has 1 fully saturated rings. The highest BCUT2D eigenvalue weighted by Gasteiger charge is 2.23. The highest BCUT2D eigenvalue weighted by atomic mass is 16.2. The summed E-state index contributed by atoms with van der Waals surface area (Å²) in [5.74, 6) is -0.352. The molecule has 0 unspecified atom stereocenters. The van der Waals surface area contributed by atoms with Crippen molar-refractivity contribution in [3.8, 4) is 11.1 Å². The molecule has 154 valence electrons. The minimum atomic E-state index is -0.222. The van der Waals surface area contributed by atoms with Crippen molar-refractivity contribution >= 4 is 28.8 Å². The van der Waals surface area contributed by atoms with Crippen LogP contribution in [-0.2, 0) is 9.59 Å². The van der Waals surface area contributed by atoms with Crippen molar-refractivity contribution in [3.05, 3.63) is 64.9 Å². The Morgan fingerprint density at radius 3 is 2.67 bits per heavy atom. The van der Waals surface area contributed by atoms with Crippen molar-refractivity contribution in [2.45, 2.75) is 39.7 Å². The second kappa shape index (κ2) is 8.19. The fourth-order valence-electron chi connectivity index (χ4n) is 3.63. The first-order valence-corrected chi connectivity index (χ1v) is 10.4. The summed E-state index contributed by atoms with van der Waals surface area (Å²) in [5.41, 5.74) is 7.33. The minimum Gasteiger partial charge on any atom is -0.361 e. The van der Waals surface area contributed by atoms with Crippen molar-refractivity contribution < 1.29 is 9.59 Å². The Hall–Kier alpha value is -3.34. The Morgan fingerprint density at radius 2 is 1.90 bits per heavy atom. The second-order valence-corrected chi connectivity index (χ2v) is 8.16. The SMILES string of the molecule is C/C(=C\c1cc(C)c(-c2ccc3[nH]ccc3c2)cc1C)C(=O)NCC(=O)NC1CC1. The van der Waals surface area contributed by atoms with E-state index in [4.69, 9.17) is 0 Å². The normalized spacial score (nSPS) is 14.0. The maximum absolute atomic E-state index is 12.4. The first-order valence-electron chi connectivity index (χ1n) is 10.4. The fraction of sp³-hybridized carbons (Fsp3) is 0.280. The molecule has 1 heterocycles. The molecule has 5 nitrogen and oxygen atoms in total. The third-order valence-electron chi connectivity index (χ3n) is 5.56.